The minimum Gasteiger partial charge on any atom is -0.481 e. The van der Waals surface area contributed by atoms with E-state index >= 15 is 0 Å². The molecule has 0 spiro atoms. The van der Waals surface area contributed by atoms with Gasteiger partial charge in [0.05, 0.1) is 13.0 Å². The molecule has 0 radical (unpaired) electrons. The number of anilines is 1. The number of nitrogens with zero attached hydrogens (tertiary/aromatic N) is 4. The second-order valence-corrected chi connectivity index (χ2v) is 6.10. The van der Waals surface area contributed by atoms with Crippen LogP contribution in [-0.2, 0) is 17.8 Å². The van der Waals surface area contributed by atoms with Crippen LogP contribution in [0.1, 0.15) is 23.7 Å². The van der Waals surface area contributed by atoms with Crippen LogP contribution < -0.4 is 4.90 Å². The van der Waals surface area contributed by atoms with Crippen molar-refractivity contribution < 1.29 is 14.4 Å². The van der Waals surface area contributed by atoms with Crippen molar-refractivity contribution in [3.8, 4) is 0 Å². The molecule has 24 heavy (non-hydrogen) atoms. The van der Waals surface area contributed by atoms with Gasteiger partial charge in [-0.3, -0.25) is 9.69 Å². The molecule has 1 aromatic carbocycles. The second kappa shape index (κ2) is 7.44. The Hall–Kier alpha value is -2.41. The molecule has 1 aliphatic rings. The van der Waals surface area contributed by atoms with Gasteiger partial charge in [-0.25, -0.2) is 0 Å². The van der Waals surface area contributed by atoms with E-state index in [9.17, 15) is 4.79 Å². The highest BCUT2D eigenvalue weighted by Gasteiger charge is 2.19. The highest BCUT2D eigenvalue weighted by Crippen LogP contribution is 2.17. The molecule has 7 heteroatoms. The van der Waals surface area contributed by atoms with Gasteiger partial charge in [0.25, 0.3) is 0 Å². The van der Waals surface area contributed by atoms with Crippen molar-refractivity contribution in [2.24, 2.45) is 0 Å². The molecule has 0 saturated carbocycles. The number of hydrogen-bond donors (Lipinski definition) is 1. The van der Waals surface area contributed by atoms with Crippen molar-refractivity contribution in [3.63, 3.8) is 0 Å². The third kappa shape index (κ3) is 4.32. The number of piperazine rings is 1. The summed E-state index contributed by atoms with van der Waals surface area (Å²) >= 11 is 0. The molecule has 1 aliphatic heterocycles. The number of aliphatic carboxylic acids is 1. The summed E-state index contributed by atoms with van der Waals surface area (Å²) in [4.78, 5) is 19.5. The summed E-state index contributed by atoms with van der Waals surface area (Å²) < 4.78 is 5.10. The first-order chi connectivity index (χ1) is 11.6. The number of aromatic nitrogens is 2. The van der Waals surface area contributed by atoms with Crippen molar-refractivity contribution in [3.05, 3.63) is 41.5 Å². The van der Waals surface area contributed by atoms with Gasteiger partial charge in [0.15, 0.2) is 5.82 Å². The van der Waals surface area contributed by atoms with Crippen molar-refractivity contribution in [1.82, 2.24) is 15.0 Å². The molecule has 1 aromatic heterocycles. The third-order valence-electron chi connectivity index (χ3n) is 4.20. The van der Waals surface area contributed by atoms with Crippen molar-refractivity contribution in [2.75, 3.05) is 31.1 Å². The molecular weight excluding hydrogens is 308 g/mol. The average molecular weight is 330 g/mol. The van der Waals surface area contributed by atoms with E-state index in [4.69, 9.17) is 9.63 Å². The first kappa shape index (κ1) is 16.4. The van der Waals surface area contributed by atoms with Gasteiger partial charge in [-0.15, -0.1) is 0 Å². The largest absolute Gasteiger partial charge is 0.481 e. The van der Waals surface area contributed by atoms with Gasteiger partial charge in [-0.1, -0.05) is 22.9 Å². The minimum atomic E-state index is -0.859. The quantitative estimate of drug-likeness (QED) is 0.863. The van der Waals surface area contributed by atoms with E-state index in [1.54, 1.807) is 0 Å². The summed E-state index contributed by atoms with van der Waals surface area (Å²) in [5.41, 5.74) is 2.53. The molecule has 3 rings (SSSR count). The number of carbonyl (C=O) groups is 1. The Kier molecular flexibility index (Phi) is 5.10. The lowest BCUT2D eigenvalue weighted by Gasteiger charge is -2.35. The van der Waals surface area contributed by atoms with Crippen LogP contribution in [0.15, 0.2) is 28.8 Å². The van der Waals surface area contributed by atoms with Crippen molar-refractivity contribution in [1.29, 1.82) is 0 Å². The maximum Gasteiger partial charge on any atom is 0.303 e. The fourth-order valence-electron chi connectivity index (χ4n) is 2.79. The van der Waals surface area contributed by atoms with Gasteiger partial charge in [0.1, 0.15) is 0 Å². The smallest absolute Gasteiger partial charge is 0.303 e. The van der Waals surface area contributed by atoms with Gasteiger partial charge >= 0.3 is 5.97 Å². The molecule has 2 aromatic rings. The van der Waals surface area contributed by atoms with E-state index in [0.717, 1.165) is 26.2 Å². The zero-order chi connectivity index (χ0) is 16.9. The van der Waals surface area contributed by atoms with E-state index in [1.807, 2.05) is 0 Å². The van der Waals surface area contributed by atoms with Crippen LogP contribution in [0.2, 0.25) is 0 Å². The van der Waals surface area contributed by atoms with Crippen LogP contribution in [0, 0.1) is 6.92 Å². The molecule has 1 fully saturated rings. The molecule has 0 aliphatic carbocycles. The zero-order valence-electron chi connectivity index (χ0n) is 13.8. The predicted octanol–water partition coefficient (Wildman–Crippen LogP) is 1.72. The molecular formula is C17H22N4O3. The van der Waals surface area contributed by atoms with Crippen molar-refractivity contribution in [2.45, 2.75) is 26.3 Å². The number of carboxylic acids is 1. The Morgan fingerprint density at radius 1 is 1.21 bits per heavy atom. The highest BCUT2D eigenvalue weighted by atomic mass is 16.5. The Morgan fingerprint density at radius 3 is 2.58 bits per heavy atom. The molecule has 0 unspecified atom stereocenters. The Morgan fingerprint density at radius 2 is 1.92 bits per heavy atom. The van der Waals surface area contributed by atoms with Gasteiger partial charge < -0.3 is 14.5 Å². The summed E-state index contributed by atoms with van der Waals surface area (Å²) in [5, 5.41) is 12.6. The van der Waals surface area contributed by atoms with Gasteiger partial charge in [-0.2, -0.15) is 4.98 Å². The predicted molar refractivity (Wildman–Crippen MR) is 88.9 cm³/mol. The van der Waals surface area contributed by atoms with Crippen LogP contribution >= 0.6 is 0 Å². The van der Waals surface area contributed by atoms with Crippen molar-refractivity contribution >= 4 is 11.7 Å². The highest BCUT2D eigenvalue weighted by molar-refractivity contribution is 5.66. The molecule has 0 atom stereocenters. The summed E-state index contributed by atoms with van der Waals surface area (Å²) in [6, 6.07) is 8.61. The summed E-state index contributed by atoms with van der Waals surface area (Å²) in [7, 11) is 0. The van der Waals surface area contributed by atoms with Gasteiger partial charge in [0, 0.05) is 38.3 Å². The topological polar surface area (TPSA) is 82.7 Å². The fraction of sp³-hybridized carbons (Fsp3) is 0.471. The normalized spacial score (nSPS) is 15.6. The lowest BCUT2D eigenvalue weighted by molar-refractivity contribution is -0.137. The molecule has 7 nitrogen and oxygen atoms in total. The first-order valence-corrected chi connectivity index (χ1v) is 8.17. The third-order valence-corrected chi connectivity index (χ3v) is 4.20. The van der Waals surface area contributed by atoms with Crippen LogP contribution in [-0.4, -0.2) is 52.3 Å². The molecule has 0 bridgehead atoms. The number of rotatable bonds is 6. The SMILES string of the molecule is Cc1ccc(N2CCN(Cc3noc(CCC(=O)O)n3)CC2)cc1. The standard InChI is InChI=1S/C17H22N4O3/c1-13-2-4-14(5-3-13)21-10-8-20(9-11-21)12-15-18-16(24-19-15)6-7-17(22)23/h2-5H,6-12H2,1H3,(H,22,23). The Bertz CT molecular complexity index is 675. The second-order valence-electron chi connectivity index (χ2n) is 6.10. The van der Waals surface area contributed by atoms with Gasteiger partial charge in [0.2, 0.25) is 5.89 Å². The van der Waals surface area contributed by atoms with E-state index in [0.29, 0.717) is 18.3 Å². The summed E-state index contributed by atoms with van der Waals surface area (Å²) in [5.74, 6) is 0.159. The maximum absolute atomic E-state index is 10.6. The molecule has 1 saturated heterocycles. The van der Waals surface area contributed by atoms with Gasteiger partial charge in [-0.05, 0) is 19.1 Å². The molecule has 0 amide bonds. The zero-order valence-corrected chi connectivity index (χ0v) is 13.8. The van der Waals surface area contributed by atoms with E-state index in [2.05, 4.69) is 51.1 Å². The summed E-state index contributed by atoms with van der Waals surface area (Å²) in [6.45, 7) is 6.54. The fourth-order valence-corrected chi connectivity index (χ4v) is 2.79. The van der Waals surface area contributed by atoms with E-state index in [1.165, 1.54) is 11.3 Å². The Labute approximate surface area is 140 Å². The number of carboxylic acid groups (broad SMARTS) is 1. The average Bonchev–Trinajstić information content (AvgIpc) is 3.02. The monoisotopic (exact) mass is 330 g/mol. The lowest BCUT2D eigenvalue weighted by atomic mass is 10.2. The van der Waals surface area contributed by atoms with Crippen LogP contribution in [0.4, 0.5) is 5.69 Å². The molecule has 128 valence electrons. The summed E-state index contributed by atoms with van der Waals surface area (Å²) in [6.07, 6.45) is 0.292. The maximum atomic E-state index is 10.6. The van der Waals surface area contributed by atoms with Crippen LogP contribution in [0.3, 0.4) is 0 Å². The van der Waals surface area contributed by atoms with Crippen LogP contribution in [0.5, 0.6) is 0 Å². The lowest BCUT2D eigenvalue weighted by Crippen LogP contribution is -2.46. The molecule has 2 heterocycles. The molecule has 1 N–H and O–H groups in total. The Balaban J connectivity index is 1.48. The minimum absolute atomic E-state index is 0.0108. The number of benzene rings is 1. The number of hydrogen-bond acceptors (Lipinski definition) is 6. The van der Waals surface area contributed by atoms with E-state index < -0.39 is 5.97 Å². The van der Waals surface area contributed by atoms with Crippen LogP contribution in [0.25, 0.3) is 0 Å². The van der Waals surface area contributed by atoms with E-state index in [-0.39, 0.29) is 12.8 Å². The number of aryl methyl sites for hydroxylation is 2. The first-order valence-electron chi connectivity index (χ1n) is 8.17.